The van der Waals surface area contributed by atoms with Crippen LogP contribution in [0, 0.1) is 5.92 Å². The zero-order valence-electron chi connectivity index (χ0n) is 8.62. The van der Waals surface area contributed by atoms with Crippen molar-refractivity contribution in [2.75, 3.05) is 0 Å². The average molecular weight is 187 g/mol. The Morgan fingerprint density at radius 3 is 2.23 bits per heavy atom. The van der Waals surface area contributed by atoms with Gasteiger partial charge in [-0.3, -0.25) is 4.79 Å². The maximum Gasteiger partial charge on any atom is 0.320 e. The summed E-state index contributed by atoms with van der Waals surface area (Å²) in [4.78, 5) is 10.3. The molecular formula is C10H21NO2. The maximum atomic E-state index is 10.3. The summed E-state index contributed by atoms with van der Waals surface area (Å²) < 4.78 is 0. The second kappa shape index (κ2) is 6.89. The number of rotatable bonds is 7. The van der Waals surface area contributed by atoms with Crippen molar-refractivity contribution in [3.05, 3.63) is 0 Å². The largest absolute Gasteiger partial charge is 0.480 e. The van der Waals surface area contributed by atoms with Crippen LogP contribution in [-0.2, 0) is 4.79 Å². The molecule has 0 aliphatic heterocycles. The molecule has 3 heteroatoms. The molecule has 0 aliphatic rings. The Hall–Kier alpha value is -0.570. The third kappa shape index (κ3) is 7.78. The van der Waals surface area contributed by atoms with E-state index in [-0.39, 0.29) is 0 Å². The van der Waals surface area contributed by atoms with Crippen molar-refractivity contribution in [2.45, 2.75) is 52.0 Å². The molecule has 0 amide bonds. The Kier molecular flexibility index (Phi) is 6.59. The molecule has 3 N–H and O–H groups in total. The fourth-order valence-corrected chi connectivity index (χ4v) is 1.22. The summed E-state index contributed by atoms with van der Waals surface area (Å²) in [5.74, 6) is -0.142. The minimum atomic E-state index is -0.885. The molecule has 3 nitrogen and oxygen atoms in total. The first kappa shape index (κ1) is 12.4. The van der Waals surface area contributed by atoms with E-state index in [9.17, 15) is 4.79 Å². The lowest BCUT2D eigenvalue weighted by Gasteiger charge is -2.06. The standard InChI is InChI=1S/C10H21NO2/c1-8(2)6-4-3-5-7-9(11)10(12)13/h8-9H,3-7,11H2,1-2H3,(H,12,13)/t9-/m1/s1. The van der Waals surface area contributed by atoms with Crippen molar-refractivity contribution in [1.82, 2.24) is 0 Å². The fourth-order valence-electron chi connectivity index (χ4n) is 1.22. The number of carbonyl (C=O) groups is 1. The van der Waals surface area contributed by atoms with Gasteiger partial charge in [-0.25, -0.2) is 0 Å². The number of carboxylic acids is 1. The summed E-state index contributed by atoms with van der Waals surface area (Å²) in [6, 6.07) is -0.668. The second-order valence-corrected chi connectivity index (χ2v) is 3.98. The van der Waals surface area contributed by atoms with Crippen LogP contribution >= 0.6 is 0 Å². The molecule has 0 aromatic rings. The van der Waals surface area contributed by atoms with Crippen LogP contribution in [-0.4, -0.2) is 17.1 Å². The summed E-state index contributed by atoms with van der Waals surface area (Å²) in [5, 5.41) is 8.50. The molecule has 0 rings (SSSR count). The van der Waals surface area contributed by atoms with Gasteiger partial charge in [0.15, 0.2) is 0 Å². The summed E-state index contributed by atoms with van der Waals surface area (Å²) >= 11 is 0. The monoisotopic (exact) mass is 187 g/mol. The Morgan fingerprint density at radius 2 is 1.77 bits per heavy atom. The second-order valence-electron chi connectivity index (χ2n) is 3.98. The van der Waals surface area contributed by atoms with Gasteiger partial charge in [0.2, 0.25) is 0 Å². The number of unbranched alkanes of at least 4 members (excludes halogenated alkanes) is 2. The van der Waals surface area contributed by atoms with Gasteiger partial charge >= 0.3 is 5.97 Å². The van der Waals surface area contributed by atoms with Crippen LogP contribution in [0.1, 0.15) is 46.0 Å². The van der Waals surface area contributed by atoms with Gasteiger partial charge in [-0.15, -0.1) is 0 Å². The number of hydrogen-bond acceptors (Lipinski definition) is 2. The zero-order valence-corrected chi connectivity index (χ0v) is 8.62. The van der Waals surface area contributed by atoms with Crippen molar-refractivity contribution < 1.29 is 9.90 Å². The van der Waals surface area contributed by atoms with Crippen LogP contribution in [0.4, 0.5) is 0 Å². The summed E-state index contributed by atoms with van der Waals surface area (Å²) in [7, 11) is 0. The van der Waals surface area contributed by atoms with E-state index in [2.05, 4.69) is 13.8 Å². The molecule has 0 heterocycles. The predicted octanol–water partition coefficient (Wildman–Crippen LogP) is 2.00. The number of nitrogens with two attached hydrogens (primary N) is 1. The Balaban J connectivity index is 3.21. The van der Waals surface area contributed by atoms with Gasteiger partial charge in [0.05, 0.1) is 0 Å². The molecule has 0 saturated carbocycles. The van der Waals surface area contributed by atoms with E-state index in [0.29, 0.717) is 6.42 Å². The van der Waals surface area contributed by atoms with Crippen LogP contribution in [0.5, 0.6) is 0 Å². The molecule has 0 saturated heterocycles. The summed E-state index contributed by atoms with van der Waals surface area (Å²) in [5.41, 5.74) is 5.36. The molecule has 0 aliphatic carbocycles. The van der Waals surface area contributed by atoms with E-state index in [4.69, 9.17) is 10.8 Å². The van der Waals surface area contributed by atoms with Crippen LogP contribution in [0.25, 0.3) is 0 Å². The van der Waals surface area contributed by atoms with Gasteiger partial charge in [0.25, 0.3) is 0 Å². The van der Waals surface area contributed by atoms with Crippen LogP contribution < -0.4 is 5.73 Å². The normalized spacial score (nSPS) is 13.2. The van der Waals surface area contributed by atoms with E-state index in [1.54, 1.807) is 0 Å². The van der Waals surface area contributed by atoms with E-state index in [1.165, 1.54) is 12.8 Å². The predicted molar refractivity (Wildman–Crippen MR) is 53.5 cm³/mol. The minimum absolute atomic E-state index is 0.605. The van der Waals surface area contributed by atoms with E-state index >= 15 is 0 Å². The van der Waals surface area contributed by atoms with Gasteiger partial charge in [0, 0.05) is 0 Å². The number of aliphatic carboxylic acids is 1. The molecule has 0 bridgehead atoms. The molecule has 0 unspecified atom stereocenters. The van der Waals surface area contributed by atoms with Gasteiger partial charge in [-0.05, 0) is 12.3 Å². The maximum absolute atomic E-state index is 10.3. The molecule has 0 fully saturated rings. The third-order valence-electron chi connectivity index (χ3n) is 2.11. The van der Waals surface area contributed by atoms with Gasteiger partial charge in [-0.2, -0.15) is 0 Å². The van der Waals surface area contributed by atoms with Crippen LogP contribution in [0.3, 0.4) is 0 Å². The van der Waals surface area contributed by atoms with E-state index in [0.717, 1.165) is 18.8 Å². The minimum Gasteiger partial charge on any atom is -0.480 e. The van der Waals surface area contributed by atoms with Crippen LogP contribution in [0.15, 0.2) is 0 Å². The topological polar surface area (TPSA) is 63.3 Å². The summed E-state index contributed by atoms with van der Waals surface area (Å²) in [6.07, 6.45) is 5.04. The Labute approximate surface area is 80.3 Å². The fraction of sp³-hybridized carbons (Fsp3) is 0.900. The first-order valence-electron chi connectivity index (χ1n) is 5.02. The first-order valence-corrected chi connectivity index (χ1v) is 5.02. The number of carboxylic acid groups (broad SMARTS) is 1. The number of hydrogen-bond donors (Lipinski definition) is 2. The Bertz CT molecular complexity index is 146. The summed E-state index contributed by atoms with van der Waals surface area (Å²) in [6.45, 7) is 4.39. The van der Waals surface area contributed by atoms with Crippen molar-refractivity contribution in [3.63, 3.8) is 0 Å². The van der Waals surface area contributed by atoms with E-state index < -0.39 is 12.0 Å². The lowest BCUT2D eigenvalue weighted by atomic mass is 10.0. The van der Waals surface area contributed by atoms with Gasteiger partial charge < -0.3 is 10.8 Å². The zero-order chi connectivity index (χ0) is 10.3. The van der Waals surface area contributed by atoms with Crippen molar-refractivity contribution >= 4 is 5.97 Å². The van der Waals surface area contributed by atoms with Gasteiger partial charge in [-0.1, -0.05) is 39.5 Å². The molecule has 13 heavy (non-hydrogen) atoms. The van der Waals surface area contributed by atoms with Crippen molar-refractivity contribution in [1.29, 1.82) is 0 Å². The third-order valence-corrected chi connectivity index (χ3v) is 2.11. The highest BCUT2D eigenvalue weighted by Crippen LogP contribution is 2.10. The van der Waals surface area contributed by atoms with Gasteiger partial charge in [0.1, 0.15) is 6.04 Å². The van der Waals surface area contributed by atoms with Crippen molar-refractivity contribution in [2.24, 2.45) is 11.7 Å². The van der Waals surface area contributed by atoms with Crippen LogP contribution in [0.2, 0.25) is 0 Å². The first-order chi connectivity index (χ1) is 6.04. The molecule has 1 atom stereocenters. The molecular weight excluding hydrogens is 166 g/mol. The highest BCUT2D eigenvalue weighted by Gasteiger charge is 2.09. The van der Waals surface area contributed by atoms with E-state index in [1.807, 2.05) is 0 Å². The SMILES string of the molecule is CC(C)CCCCC[C@@H](N)C(=O)O. The molecule has 0 radical (unpaired) electrons. The molecule has 0 aromatic carbocycles. The smallest absolute Gasteiger partial charge is 0.320 e. The molecule has 0 aromatic heterocycles. The lowest BCUT2D eigenvalue weighted by molar-refractivity contribution is -0.138. The highest BCUT2D eigenvalue weighted by molar-refractivity contribution is 5.72. The van der Waals surface area contributed by atoms with Crippen molar-refractivity contribution in [3.8, 4) is 0 Å². The highest BCUT2D eigenvalue weighted by atomic mass is 16.4. The quantitative estimate of drug-likeness (QED) is 0.599. The Morgan fingerprint density at radius 1 is 1.23 bits per heavy atom. The molecule has 78 valence electrons. The average Bonchev–Trinajstić information content (AvgIpc) is 2.02. The molecule has 0 spiro atoms. The lowest BCUT2D eigenvalue weighted by Crippen LogP contribution is -2.29.